The molecule has 0 bridgehead atoms. The van der Waals surface area contributed by atoms with Gasteiger partial charge in [0.15, 0.2) is 11.6 Å². The second-order valence-electron chi connectivity index (χ2n) is 6.15. The number of nitrogens with zero attached hydrogens (tertiary/aromatic N) is 3. The molecule has 0 fully saturated rings. The number of benzene rings is 2. The van der Waals surface area contributed by atoms with E-state index in [-0.39, 0.29) is 21.6 Å². The van der Waals surface area contributed by atoms with Gasteiger partial charge in [-0.3, -0.25) is 4.79 Å². The van der Waals surface area contributed by atoms with E-state index in [0.717, 1.165) is 27.8 Å². The van der Waals surface area contributed by atoms with Crippen LogP contribution in [0.15, 0.2) is 53.7 Å². The van der Waals surface area contributed by atoms with Crippen LogP contribution in [0.3, 0.4) is 0 Å². The second-order valence-corrected chi connectivity index (χ2v) is 6.56. The normalized spacial score (nSPS) is 11.5. The molecule has 0 spiro atoms. The van der Waals surface area contributed by atoms with E-state index in [2.05, 4.69) is 20.1 Å². The van der Waals surface area contributed by atoms with Gasteiger partial charge in [-0.2, -0.15) is 5.10 Å². The Morgan fingerprint density at radius 1 is 1.07 bits per heavy atom. The molecule has 28 heavy (non-hydrogen) atoms. The maximum absolute atomic E-state index is 14.4. The third-order valence-electron chi connectivity index (χ3n) is 4.51. The molecule has 2 N–H and O–H groups in total. The zero-order valence-corrected chi connectivity index (χ0v) is 14.8. The van der Waals surface area contributed by atoms with Crippen LogP contribution in [0, 0.1) is 11.6 Å². The van der Waals surface area contributed by atoms with E-state index >= 15 is 0 Å². The summed E-state index contributed by atoms with van der Waals surface area (Å²) in [5.74, 6) is -1.65. The van der Waals surface area contributed by atoms with Gasteiger partial charge in [-0.15, -0.1) is 0 Å². The zero-order chi connectivity index (χ0) is 19.4. The van der Waals surface area contributed by atoms with Crippen molar-refractivity contribution in [3.05, 3.63) is 75.9 Å². The third-order valence-corrected chi connectivity index (χ3v) is 4.80. The van der Waals surface area contributed by atoms with Crippen molar-refractivity contribution < 1.29 is 8.78 Å². The van der Waals surface area contributed by atoms with Gasteiger partial charge in [0.2, 0.25) is 0 Å². The van der Waals surface area contributed by atoms with Gasteiger partial charge in [0.25, 0.3) is 5.56 Å². The Hall–Kier alpha value is -3.52. The standard InChI is InChI=1S/C19H10ClF2N5O/c20-10-7-23-19(28)15-16(9-4-5-13-14(6-9)25-8-24-13)26-27(17(10)15)18-11(21)2-1-3-12(18)22/h1-8H,(H,23,28)(H,24,25). The van der Waals surface area contributed by atoms with Gasteiger partial charge < -0.3 is 9.97 Å². The van der Waals surface area contributed by atoms with Gasteiger partial charge in [-0.05, 0) is 24.3 Å². The van der Waals surface area contributed by atoms with Crippen molar-refractivity contribution in [2.75, 3.05) is 0 Å². The fraction of sp³-hybridized carbons (Fsp3) is 0. The minimum atomic E-state index is -0.823. The number of fused-ring (bicyclic) bond motifs is 2. The minimum Gasteiger partial charge on any atom is -0.345 e. The van der Waals surface area contributed by atoms with Crippen LogP contribution in [0.2, 0.25) is 5.02 Å². The lowest BCUT2D eigenvalue weighted by molar-refractivity contribution is 0.563. The third kappa shape index (κ3) is 2.35. The molecule has 3 heterocycles. The van der Waals surface area contributed by atoms with E-state index in [1.54, 1.807) is 24.5 Å². The van der Waals surface area contributed by atoms with E-state index in [0.29, 0.717) is 5.56 Å². The average Bonchev–Trinajstić information content (AvgIpc) is 3.29. The molecule has 138 valence electrons. The zero-order valence-electron chi connectivity index (χ0n) is 14.0. The van der Waals surface area contributed by atoms with Crippen molar-refractivity contribution in [1.82, 2.24) is 24.7 Å². The van der Waals surface area contributed by atoms with Crippen molar-refractivity contribution in [3.8, 4) is 16.9 Å². The number of aromatic amines is 2. The molecule has 0 saturated heterocycles. The van der Waals surface area contributed by atoms with Crippen LogP contribution >= 0.6 is 11.6 Å². The number of pyridine rings is 1. The van der Waals surface area contributed by atoms with E-state index in [9.17, 15) is 13.6 Å². The fourth-order valence-electron chi connectivity index (χ4n) is 3.26. The molecule has 0 aliphatic heterocycles. The lowest BCUT2D eigenvalue weighted by Crippen LogP contribution is -2.07. The molecule has 5 rings (SSSR count). The van der Waals surface area contributed by atoms with Crippen molar-refractivity contribution >= 4 is 33.5 Å². The summed E-state index contributed by atoms with van der Waals surface area (Å²) in [4.78, 5) is 22.2. The molecule has 2 aromatic carbocycles. The summed E-state index contributed by atoms with van der Waals surface area (Å²) in [6, 6.07) is 8.72. The largest absolute Gasteiger partial charge is 0.345 e. The predicted molar refractivity (Wildman–Crippen MR) is 102 cm³/mol. The van der Waals surface area contributed by atoms with Crippen molar-refractivity contribution in [1.29, 1.82) is 0 Å². The number of nitrogens with one attached hydrogen (secondary N) is 2. The topological polar surface area (TPSA) is 79.4 Å². The molecule has 0 aliphatic carbocycles. The number of hydrogen-bond donors (Lipinski definition) is 2. The van der Waals surface area contributed by atoms with Crippen LogP contribution in [0.1, 0.15) is 0 Å². The van der Waals surface area contributed by atoms with Gasteiger partial charge in [0.1, 0.15) is 16.9 Å². The Labute approximate surface area is 160 Å². The smallest absolute Gasteiger partial charge is 0.259 e. The Morgan fingerprint density at radius 3 is 2.64 bits per heavy atom. The SMILES string of the molecule is O=c1[nH]cc(Cl)c2c1c(-c1ccc3nc[nH]c3c1)nn2-c1c(F)cccc1F. The summed E-state index contributed by atoms with van der Waals surface area (Å²) in [5.41, 5.74) is 1.53. The Bertz CT molecular complexity index is 1420. The molecule has 0 atom stereocenters. The van der Waals surface area contributed by atoms with Gasteiger partial charge in [-0.1, -0.05) is 23.7 Å². The lowest BCUT2D eigenvalue weighted by Gasteiger charge is -2.07. The predicted octanol–water partition coefficient (Wildman–Crippen LogP) is 4.19. The van der Waals surface area contributed by atoms with Crippen LogP contribution in [-0.4, -0.2) is 24.7 Å². The molecule has 5 aromatic rings. The van der Waals surface area contributed by atoms with Crippen molar-refractivity contribution in [2.45, 2.75) is 0 Å². The Kier molecular flexibility index (Phi) is 3.56. The highest BCUT2D eigenvalue weighted by Gasteiger charge is 2.23. The quantitative estimate of drug-likeness (QED) is 0.469. The summed E-state index contributed by atoms with van der Waals surface area (Å²) >= 11 is 6.28. The maximum Gasteiger partial charge on any atom is 0.259 e. The van der Waals surface area contributed by atoms with Crippen LogP contribution in [0.25, 0.3) is 38.9 Å². The van der Waals surface area contributed by atoms with E-state index < -0.39 is 22.9 Å². The summed E-state index contributed by atoms with van der Waals surface area (Å²) < 4.78 is 29.9. The highest BCUT2D eigenvalue weighted by molar-refractivity contribution is 6.35. The molecule has 0 saturated carbocycles. The monoisotopic (exact) mass is 397 g/mol. The molecular weight excluding hydrogens is 388 g/mol. The number of hydrogen-bond acceptors (Lipinski definition) is 3. The lowest BCUT2D eigenvalue weighted by atomic mass is 10.1. The summed E-state index contributed by atoms with van der Waals surface area (Å²) in [7, 11) is 0. The molecule has 0 aliphatic rings. The van der Waals surface area contributed by atoms with E-state index in [4.69, 9.17) is 11.6 Å². The van der Waals surface area contributed by atoms with Gasteiger partial charge in [-0.25, -0.2) is 18.4 Å². The number of H-pyrrole nitrogens is 2. The first-order chi connectivity index (χ1) is 13.5. The van der Waals surface area contributed by atoms with Crippen molar-refractivity contribution in [3.63, 3.8) is 0 Å². The fourth-order valence-corrected chi connectivity index (χ4v) is 3.49. The number of rotatable bonds is 2. The molecule has 0 radical (unpaired) electrons. The first kappa shape index (κ1) is 16.6. The van der Waals surface area contributed by atoms with Crippen LogP contribution in [0.4, 0.5) is 8.78 Å². The van der Waals surface area contributed by atoms with Crippen LogP contribution in [0.5, 0.6) is 0 Å². The van der Waals surface area contributed by atoms with Gasteiger partial charge in [0, 0.05) is 11.8 Å². The highest BCUT2D eigenvalue weighted by atomic mass is 35.5. The van der Waals surface area contributed by atoms with Crippen LogP contribution < -0.4 is 5.56 Å². The number of aromatic nitrogens is 5. The molecule has 9 heteroatoms. The van der Waals surface area contributed by atoms with Crippen LogP contribution in [-0.2, 0) is 0 Å². The Morgan fingerprint density at radius 2 is 1.86 bits per heavy atom. The first-order valence-corrected chi connectivity index (χ1v) is 8.60. The van der Waals surface area contributed by atoms with E-state index in [1.165, 1.54) is 12.3 Å². The Balaban J connectivity index is 1.91. The van der Waals surface area contributed by atoms with Gasteiger partial charge in [0.05, 0.1) is 27.8 Å². The molecule has 6 nitrogen and oxygen atoms in total. The number of imidazole rings is 1. The summed E-state index contributed by atoms with van der Waals surface area (Å²) in [5, 5.41) is 4.61. The van der Waals surface area contributed by atoms with Gasteiger partial charge >= 0.3 is 0 Å². The first-order valence-electron chi connectivity index (χ1n) is 8.22. The minimum absolute atomic E-state index is 0.110. The summed E-state index contributed by atoms with van der Waals surface area (Å²) in [6.07, 6.45) is 2.81. The average molecular weight is 398 g/mol. The van der Waals surface area contributed by atoms with E-state index in [1.807, 2.05) is 0 Å². The maximum atomic E-state index is 14.4. The number of halogens is 3. The molecule has 3 aromatic heterocycles. The van der Waals surface area contributed by atoms with Crippen molar-refractivity contribution in [2.24, 2.45) is 0 Å². The number of para-hydroxylation sites is 1. The molecule has 0 unspecified atom stereocenters. The molecular formula is C19H10ClF2N5O. The summed E-state index contributed by atoms with van der Waals surface area (Å²) in [6.45, 7) is 0. The highest BCUT2D eigenvalue weighted by Crippen LogP contribution is 2.33. The molecule has 0 amide bonds. The second kappa shape index (κ2) is 6.00.